The van der Waals surface area contributed by atoms with Gasteiger partial charge in [0, 0.05) is 18.8 Å². The molecule has 1 aliphatic rings. The highest BCUT2D eigenvalue weighted by Crippen LogP contribution is 2.38. The van der Waals surface area contributed by atoms with Crippen molar-refractivity contribution in [3.05, 3.63) is 23.8 Å². The number of nitrogens with zero attached hydrogens (tertiary/aromatic N) is 1. The molecule has 0 saturated carbocycles. The molecule has 0 aromatic heterocycles. The van der Waals surface area contributed by atoms with E-state index in [4.69, 9.17) is 5.73 Å². The molecule has 0 unspecified atom stereocenters. The van der Waals surface area contributed by atoms with E-state index in [0.717, 1.165) is 18.9 Å². The summed E-state index contributed by atoms with van der Waals surface area (Å²) in [6.45, 7) is 3.45. The summed E-state index contributed by atoms with van der Waals surface area (Å²) in [7, 11) is 0. The Bertz CT molecular complexity index is 421. The summed E-state index contributed by atoms with van der Waals surface area (Å²) in [4.78, 5) is 1.79. The van der Waals surface area contributed by atoms with Gasteiger partial charge < -0.3 is 10.6 Å². The summed E-state index contributed by atoms with van der Waals surface area (Å²) in [6, 6.07) is 3.81. The lowest BCUT2D eigenvalue weighted by atomic mass is 9.98. The normalized spacial score (nSPS) is 18.1. The van der Waals surface area contributed by atoms with Gasteiger partial charge in [-0.05, 0) is 37.0 Å². The van der Waals surface area contributed by atoms with Gasteiger partial charge >= 0.3 is 6.18 Å². The quantitative estimate of drug-likeness (QED) is 0.781. The Hall–Kier alpha value is -1.39. The number of nitrogens with two attached hydrogens (primary N) is 1. The third-order valence-corrected chi connectivity index (χ3v) is 3.45. The van der Waals surface area contributed by atoms with E-state index in [1.165, 1.54) is 12.1 Å². The molecular weight excluding hydrogens is 241 g/mol. The summed E-state index contributed by atoms with van der Waals surface area (Å²) < 4.78 is 38.8. The molecule has 2 N–H and O–H groups in total. The van der Waals surface area contributed by atoms with Crippen molar-refractivity contribution in [2.75, 3.05) is 23.7 Å². The first kappa shape index (κ1) is 13.1. The van der Waals surface area contributed by atoms with Gasteiger partial charge in [0.15, 0.2) is 0 Å². The van der Waals surface area contributed by atoms with Crippen LogP contribution in [0.1, 0.15) is 25.3 Å². The number of benzene rings is 1. The Kier molecular flexibility index (Phi) is 3.41. The number of hydrogen-bond donors (Lipinski definition) is 1. The first-order valence-corrected chi connectivity index (χ1v) is 6.09. The average molecular weight is 258 g/mol. The highest BCUT2D eigenvalue weighted by Gasteiger charge is 2.35. The lowest BCUT2D eigenvalue weighted by Crippen LogP contribution is -2.34. The lowest BCUT2D eigenvalue weighted by Gasteiger charge is -2.34. The van der Waals surface area contributed by atoms with Crippen LogP contribution >= 0.6 is 0 Å². The van der Waals surface area contributed by atoms with Crippen LogP contribution in [0.5, 0.6) is 0 Å². The molecule has 100 valence electrons. The fourth-order valence-electron chi connectivity index (χ4n) is 2.30. The number of alkyl halides is 3. The summed E-state index contributed by atoms with van der Waals surface area (Å²) in [5.41, 5.74) is 5.61. The minimum atomic E-state index is -4.33. The van der Waals surface area contributed by atoms with E-state index in [0.29, 0.717) is 24.7 Å². The second-order valence-corrected chi connectivity index (χ2v) is 4.94. The number of rotatable bonds is 1. The second-order valence-electron chi connectivity index (χ2n) is 4.94. The molecule has 5 heteroatoms. The maximum absolute atomic E-state index is 12.9. The SMILES string of the molecule is CC1CCN(c2cc(N)ccc2C(F)(F)F)CC1. The third kappa shape index (κ3) is 2.71. The number of nitrogen functional groups attached to an aromatic ring is 1. The zero-order valence-electron chi connectivity index (χ0n) is 10.3. The van der Waals surface area contributed by atoms with Crippen LogP contribution in [0, 0.1) is 5.92 Å². The number of hydrogen-bond acceptors (Lipinski definition) is 2. The van der Waals surface area contributed by atoms with Crippen LogP contribution in [0.2, 0.25) is 0 Å². The smallest absolute Gasteiger partial charge is 0.399 e. The van der Waals surface area contributed by atoms with Crippen molar-refractivity contribution in [3.8, 4) is 0 Å². The van der Waals surface area contributed by atoms with Crippen LogP contribution in [0.4, 0.5) is 24.5 Å². The molecule has 0 atom stereocenters. The highest BCUT2D eigenvalue weighted by molar-refractivity contribution is 5.62. The molecule has 1 heterocycles. The molecule has 0 spiro atoms. The van der Waals surface area contributed by atoms with Gasteiger partial charge in [0.1, 0.15) is 0 Å². The Morgan fingerprint density at radius 1 is 1.22 bits per heavy atom. The van der Waals surface area contributed by atoms with Crippen molar-refractivity contribution in [1.82, 2.24) is 0 Å². The predicted molar refractivity (Wildman–Crippen MR) is 66.5 cm³/mol. The Balaban J connectivity index is 2.33. The van der Waals surface area contributed by atoms with E-state index in [1.807, 2.05) is 0 Å². The van der Waals surface area contributed by atoms with Crippen molar-refractivity contribution >= 4 is 11.4 Å². The number of anilines is 2. The highest BCUT2D eigenvalue weighted by atomic mass is 19.4. The summed E-state index contributed by atoms with van der Waals surface area (Å²) in [6.07, 6.45) is -2.48. The van der Waals surface area contributed by atoms with Crippen LogP contribution < -0.4 is 10.6 Å². The fraction of sp³-hybridized carbons (Fsp3) is 0.538. The van der Waals surface area contributed by atoms with E-state index in [-0.39, 0.29) is 5.69 Å². The van der Waals surface area contributed by atoms with E-state index >= 15 is 0 Å². The van der Waals surface area contributed by atoms with E-state index in [1.54, 1.807) is 4.90 Å². The zero-order chi connectivity index (χ0) is 13.3. The van der Waals surface area contributed by atoms with Gasteiger partial charge in [-0.2, -0.15) is 13.2 Å². The molecule has 1 saturated heterocycles. The van der Waals surface area contributed by atoms with Gasteiger partial charge in [0.25, 0.3) is 0 Å². The van der Waals surface area contributed by atoms with E-state index in [9.17, 15) is 13.2 Å². The minimum Gasteiger partial charge on any atom is -0.399 e. The van der Waals surface area contributed by atoms with Crippen LogP contribution in [0.25, 0.3) is 0 Å². The monoisotopic (exact) mass is 258 g/mol. The number of piperidine rings is 1. The first-order chi connectivity index (χ1) is 8.38. The number of halogens is 3. The molecule has 1 fully saturated rings. The molecule has 1 aromatic rings. The zero-order valence-corrected chi connectivity index (χ0v) is 10.3. The van der Waals surface area contributed by atoms with Crippen LogP contribution in [-0.2, 0) is 6.18 Å². The van der Waals surface area contributed by atoms with E-state index < -0.39 is 11.7 Å². The third-order valence-electron chi connectivity index (χ3n) is 3.45. The van der Waals surface area contributed by atoms with Crippen LogP contribution in [-0.4, -0.2) is 13.1 Å². The fourth-order valence-corrected chi connectivity index (χ4v) is 2.30. The van der Waals surface area contributed by atoms with Crippen molar-refractivity contribution in [2.24, 2.45) is 5.92 Å². The molecular formula is C13H17F3N2. The first-order valence-electron chi connectivity index (χ1n) is 6.09. The van der Waals surface area contributed by atoms with Gasteiger partial charge in [-0.3, -0.25) is 0 Å². The van der Waals surface area contributed by atoms with Crippen molar-refractivity contribution in [3.63, 3.8) is 0 Å². The van der Waals surface area contributed by atoms with Gasteiger partial charge in [0.05, 0.1) is 11.3 Å². The van der Waals surface area contributed by atoms with Gasteiger partial charge in [0.2, 0.25) is 0 Å². The molecule has 1 aliphatic heterocycles. The largest absolute Gasteiger partial charge is 0.418 e. The molecule has 0 aliphatic carbocycles. The topological polar surface area (TPSA) is 29.3 Å². The maximum Gasteiger partial charge on any atom is 0.418 e. The Morgan fingerprint density at radius 3 is 2.39 bits per heavy atom. The standard InChI is InChI=1S/C13H17F3N2/c1-9-4-6-18(7-5-9)12-8-10(17)2-3-11(12)13(14,15)16/h2-3,8-9H,4-7,17H2,1H3. The van der Waals surface area contributed by atoms with Gasteiger partial charge in [-0.25, -0.2) is 0 Å². The molecule has 0 amide bonds. The Morgan fingerprint density at radius 2 is 1.83 bits per heavy atom. The van der Waals surface area contributed by atoms with Gasteiger partial charge in [-0.1, -0.05) is 6.92 Å². The molecule has 1 aromatic carbocycles. The maximum atomic E-state index is 12.9. The molecule has 2 nitrogen and oxygen atoms in total. The summed E-state index contributed by atoms with van der Waals surface area (Å²) >= 11 is 0. The lowest BCUT2D eigenvalue weighted by molar-refractivity contribution is -0.137. The second kappa shape index (κ2) is 4.71. The van der Waals surface area contributed by atoms with Gasteiger partial charge in [-0.15, -0.1) is 0 Å². The van der Waals surface area contributed by atoms with E-state index in [2.05, 4.69) is 6.92 Å². The summed E-state index contributed by atoms with van der Waals surface area (Å²) in [5.74, 6) is 0.580. The molecule has 0 radical (unpaired) electrons. The Labute approximate surface area is 105 Å². The summed E-state index contributed by atoms with van der Waals surface area (Å²) in [5, 5.41) is 0. The average Bonchev–Trinajstić information content (AvgIpc) is 2.28. The minimum absolute atomic E-state index is 0.217. The van der Waals surface area contributed by atoms with Crippen LogP contribution in [0.3, 0.4) is 0 Å². The molecule has 18 heavy (non-hydrogen) atoms. The molecule has 0 bridgehead atoms. The van der Waals surface area contributed by atoms with Crippen molar-refractivity contribution in [2.45, 2.75) is 25.9 Å². The molecule has 2 rings (SSSR count). The predicted octanol–water partition coefficient (Wildman–Crippen LogP) is 3.52. The van der Waals surface area contributed by atoms with Crippen molar-refractivity contribution < 1.29 is 13.2 Å². The van der Waals surface area contributed by atoms with Crippen LogP contribution in [0.15, 0.2) is 18.2 Å². The van der Waals surface area contributed by atoms with Crippen molar-refractivity contribution in [1.29, 1.82) is 0 Å².